The van der Waals surface area contributed by atoms with Crippen molar-refractivity contribution in [2.24, 2.45) is 0 Å². The molecule has 1 aromatic carbocycles. The lowest BCUT2D eigenvalue weighted by molar-refractivity contribution is 0.908. The van der Waals surface area contributed by atoms with Crippen molar-refractivity contribution in [1.29, 1.82) is 0 Å². The summed E-state index contributed by atoms with van der Waals surface area (Å²) in [6, 6.07) is 12.9. The molecule has 0 saturated heterocycles. The number of aromatic nitrogens is 1. The predicted molar refractivity (Wildman–Crippen MR) is 87.0 cm³/mol. The van der Waals surface area contributed by atoms with Gasteiger partial charge >= 0.3 is 0 Å². The third kappa shape index (κ3) is 3.45. The van der Waals surface area contributed by atoms with Crippen molar-refractivity contribution in [3.8, 4) is 0 Å². The van der Waals surface area contributed by atoms with Crippen LogP contribution in [0.3, 0.4) is 0 Å². The highest BCUT2D eigenvalue weighted by molar-refractivity contribution is 7.27. The molecule has 2 heteroatoms. The number of hydrogen-bond acceptors (Lipinski definition) is 0. The molecule has 98 valence electrons. The number of benzene rings is 1. The summed E-state index contributed by atoms with van der Waals surface area (Å²) in [5, 5.41) is 1.21. The first-order valence-corrected chi connectivity index (χ1v) is 7.08. The number of allylic oxidation sites excluding steroid dienone is 4. The molecule has 0 aliphatic rings. The third-order valence-corrected chi connectivity index (χ3v) is 3.59. The number of nitrogens with one attached hydrogen (secondary N) is 1. The van der Waals surface area contributed by atoms with Crippen LogP contribution in [0, 0.1) is 0 Å². The average Bonchev–Trinajstić information content (AvgIpc) is 2.93. The van der Waals surface area contributed by atoms with Crippen LogP contribution in [0.4, 0.5) is 0 Å². The van der Waals surface area contributed by atoms with Gasteiger partial charge in [-0.05, 0) is 36.8 Å². The second kappa shape index (κ2) is 6.54. The number of hydrogen-bond donors (Lipinski definition) is 1. The Morgan fingerprint density at radius 3 is 2.53 bits per heavy atom. The highest BCUT2D eigenvalue weighted by Gasteiger charge is 2.16. The van der Waals surface area contributed by atoms with Gasteiger partial charge in [0.15, 0.2) is 0 Å². The van der Waals surface area contributed by atoms with Gasteiger partial charge in [0.1, 0.15) is 0 Å². The zero-order valence-electron chi connectivity index (χ0n) is 11.4. The lowest BCUT2D eigenvalue weighted by Gasteiger charge is -2.17. The molecule has 19 heavy (non-hydrogen) atoms. The Bertz CT molecular complexity index is 562. The first-order valence-electron chi connectivity index (χ1n) is 6.50. The lowest BCUT2D eigenvalue weighted by Crippen LogP contribution is -2.04. The molecule has 1 N–H and O–H groups in total. The van der Waals surface area contributed by atoms with E-state index in [4.69, 9.17) is 0 Å². The molecule has 0 aliphatic carbocycles. The van der Waals surface area contributed by atoms with E-state index in [0.717, 1.165) is 0 Å². The summed E-state index contributed by atoms with van der Waals surface area (Å²) < 4.78 is 0. The highest BCUT2D eigenvalue weighted by atomic mass is 31.0. The largest absolute Gasteiger partial charge is 0.364 e. The summed E-state index contributed by atoms with van der Waals surface area (Å²) in [5.41, 5.74) is 3.87. The molecule has 2 unspecified atom stereocenters. The molecular weight excluding hydrogens is 249 g/mol. The minimum Gasteiger partial charge on any atom is -0.364 e. The normalized spacial score (nSPS) is 13.9. The molecular formula is C17H20NP. The Balaban J connectivity index is 2.43. The second-order valence-corrected chi connectivity index (χ2v) is 5.33. The lowest BCUT2D eigenvalue weighted by atomic mass is 9.89. The van der Waals surface area contributed by atoms with Crippen LogP contribution in [0.15, 0.2) is 66.4 Å². The van der Waals surface area contributed by atoms with Gasteiger partial charge in [-0.1, -0.05) is 48.1 Å². The zero-order valence-corrected chi connectivity index (χ0v) is 12.6. The molecule has 2 aromatic rings. The van der Waals surface area contributed by atoms with E-state index in [9.17, 15) is 0 Å². The van der Waals surface area contributed by atoms with Gasteiger partial charge < -0.3 is 4.98 Å². The van der Waals surface area contributed by atoms with Gasteiger partial charge in [0.05, 0.1) is 0 Å². The fraction of sp³-hybridized carbons (Fsp3) is 0.176. The van der Waals surface area contributed by atoms with Crippen LogP contribution in [0.1, 0.15) is 31.0 Å². The molecule has 0 bridgehead atoms. The molecule has 1 heterocycles. The SMILES string of the molecule is C/C=C\C=C(/C)C(c1ccc(P)cc1)c1ccc[nH]1. The van der Waals surface area contributed by atoms with Crippen molar-refractivity contribution in [2.75, 3.05) is 0 Å². The Hall–Kier alpha value is -1.59. The van der Waals surface area contributed by atoms with Crippen molar-refractivity contribution < 1.29 is 0 Å². The molecule has 0 amide bonds. The molecule has 1 nitrogen and oxygen atoms in total. The van der Waals surface area contributed by atoms with Crippen molar-refractivity contribution in [3.05, 3.63) is 77.7 Å². The maximum Gasteiger partial charge on any atom is 0.0450 e. The van der Waals surface area contributed by atoms with Gasteiger partial charge in [0, 0.05) is 17.8 Å². The van der Waals surface area contributed by atoms with Crippen LogP contribution in [-0.4, -0.2) is 4.98 Å². The summed E-state index contributed by atoms with van der Waals surface area (Å²) in [6.07, 6.45) is 8.31. The molecule has 1 aromatic heterocycles. The van der Waals surface area contributed by atoms with Crippen LogP contribution >= 0.6 is 9.24 Å². The van der Waals surface area contributed by atoms with Gasteiger partial charge in [-0.25, -0.2) is 0 Å². The Kier molecular flexibility index (Phi) is 4.76. The van der Waals surface area contributed by atoms with Crippen LogP contribution in [-0.2, 0) is 0 Å². The van der Waals surface area contributed by atoms with E-state index < -0.39 is 0 Å². The van der Waals surface area contributed by atoms with Gasteiger partial charge in [0.2, 0.25) is 0 Å². The van der Waals surface area contributed by atoms with Crippen molar-refractivity contribution in [3.63, 3.8) is 0 Å². The second-order valence-electron chi connectivity index (χ2n) is 4.66. The monoisotopic (exact) mass is 269 g/mol. The van der Waals surface area contributed by atoms with Gasteiger partial charge in [-0.2, -0.15) is 0 Å². The fourth-order valence-electron chi connectivity index (χ4n) is 2.24. The summed E-state index contributed by atoms with van der Waals surface area (Å²) >= 11 is 0. The Morgan fingerprint density at radius 2 is 1.95 bits per heavy atom. The first kappa shape index (κ1) is 13.8. The zero-order chi connectivity index (χ0) is 13.7. The topological polar surface area (TPSA) is 15.8 Å². The van der Waals surface area contributed by atoms with Crippen LogP contribution in [0.2, 0.25) is 0 Å². The smallest absolute Gasteiger partial charge is 0.0450 e. The van der Waals surface area contributed by atoms with E-state index in [1.54, 1.807) is 0 Å². The van der Waals surface area contributed by atoms with E-state index in [1.165, 1.54) is 22.1 Å². The quantitative estimate of drug-likeness (QED) is 0.633. The van der Waals surface area contributed by atoms with Crippen LogP contribution in [0.5, 0.6) is 0 Å². The average molecular weight is 269 g/mol. The van der Waals surface area contributed by atoms with Gasteiger partial charge in [-0.15, -0.1) is 9.24 Å². The van der Waals surface area contributed by atoms with Crippen molar-refractivity contribution in [2.45, 2.75) is 19.8 Å². The van der Waals surface area contributed by atoms with Gasteiger partial charge in [0.25, 0.3) is 0 Å². The molecule has 2 atom stereocenters. The Morgan fingerprint density at radius 1 is 1.21 bits per heavy atom. The van der Waals surface area contributed by atoms with Crippen molar-refractivity contribution in [1.82, 2.24) is 4.98 Å². The molecule has 0 saturated carbocycles. The van der Waals surface area contributed by atoms with E-state index in [0.29, 0.717) is 0 Å². The molecule has 0 radical (unpaired) electrons. The summed E-state index contributed by atoms with van der Waals surface area (Å²) in [7, 11) is 2.73. The van der Waals surface area contributed by atoms with E-state index >= 15 is 0 Å². The van der Waals surface area contributed by atoms with Crippen LogP contribution in [0.25, 0.3) is 0 Å². The number of aromatic amines is 1. The summed E-state index contributed by atoms with van der Waals surface area (Å²) in [5.74, 6) is 0.289. The standard InChI is InChI=1S/C17H20NP/c1-3-4-6-13(2)17(16-7-5-12-18-16)14-8-10-15(19)11-9-14/h3-12,17-18H,19H2,1-2H3/b4-3-,13-6+. The summed E-state index contributed by atoms with van der Waals surface area (Å²) in [4.78, 5) is 3.34. The van der Waals surface area contributed by atoms with Gasteiger partial charge in [-0.3, -0.25) is 0 Å². The fourth-order valence-corrected chi connectivity index (χ4v) is 2.44. The molecule has 0 fully saturated rings. The predicted octanol–water partition coefficient (Wildman–Crippen LogP) is 4.17. The Labute approximate surface area is 117 Å². The first-order chi connectivity index (χ1) is 9.22. The maximum atomic E-state index is 3.34. The highest BCUT2D eigenvalue weighted by Crippen LogP contribution is 2.30. The molecule has 0 spiro atoms. The minimum atomic E-state index is 0.289. The van der Waals surface area contributed by atoms with E-state index in [-0.39, 0.29) is 5.92 Å². The molecule has 2 rings (SSSR count). The maximum absolute atomic E-state index is 3.34. The number of rotatable bonds is 4. The number of H-pyrrole nitrogens is 1. The van der Waals surface area contributed by atoms with E-state index in [2.05, 4.69) is 75.8 Å². The van der Waals surface area contributed by atoms with Crippen LogP contribution < -0.4 is 5.30 Å². The van der Waals surface area contributed by atoms with E-state index in [1.807, 2.05) is 13.1 Å². The van der Waals surface area contributed by atoms with Crippen molar-refractivity contribution >= 4 is 14.5 Å². The third-order valence-electron chi connectivity index (χ3n) is 3.21. The summed E-state index contributed by atoms with van der Waals surface area (Å²) in [6.45, 7) is 4.22. The molecule has 0 aliphatic heterocycles. The minimum absolute atomic E-state index is 0.289.